The van der Waals surface area contributed by atoms with E-state index in [0.717, 1.165) is 11.1 Å². The van der Waals surface area contributed by atoms with Gasteiger partial charge in [0.25, 0.3) is 5.91 Å². The molecular weight excluding hydrogens is 338 g/mol. The lowest BCUT2D eigenvalue weighted by molar-refractivity contribution is -0.134. The molecular formula is C20H24ClNO3. The number of hydrogen-bond acceptors (Lipinski definition) is 3. The molecule has 0 radical (unpaired) electrons. The number of amides is 1. The standard InChI is InChI=1S/C20H24ClNO3/c1-4-24-14-16-8-6-5-7-15(16)13-22-19(23)20(2,3)25-18-11-9-17(21)10-12-18/h5-12H,4,13-14H2,1-3H3,(H,22,23). The van der Waals surface area contributed by atoms with Crippen LogP contribution in [0.2, 0.25) is 5.02 Å². The van der Waals surface area contributed by atoms with Gasteiger partial charge in [-0.05, 0) is 56.2 Å². The van der Waals surface area contributed by atoms with Gasteiger partial charge in [-0.15, -0.1) is 0 Å². The normalized spacial score (nSPS) is 11.2. The van der Waals surface area contributed by atoms with Crippen molar-refractivity contribution < 1.29 is 14.3 Å². The Bertz CT molecular complexity index is 698. The summed E-state index contributed by atoms with van der Waals surface area (Å²) in [4.78, 5) is 12.5. The molecule has 5 heteroatoms. The maximum Gasteiger partial charge on any atom is 0.263 e. The first kappa shape index (κ1) is 19.3. The Morgan fingerprint density at radius 1 is 1.08 bits per heavy atom. The van der Waals surface area contributed by atoms with Crippen molar-refractivity contribution in [1.82, 2.24) is 5.32 Å². The molecule has 2 aromatic rings. The van der Waals surface area contributed by atoms with Gasteiger partial charge in [-0.25, -0.2) is 0 Å². The lowest BCUT2D eigenvalue weighted by atomic mass is 10.1. The number of nitrogens with one attached hydrogen (secondary N) is 1. The lowest BCUT2D eigenvalue weighted by Crippen LogP contribution is -2.46. The predicted molar refractivity (Wildman–Crippen MR) is 99.8 cm³/mol. The first-order valence-electron chi connectivity index (χ1n) is 8.30. The van der Waals surface area contributed by atoms with E-state index in [9.17, 15) is 4.79 Å². The molecule has 0 aliphatic heterocycles. The summed E-state index contributed by atoms with van der Waals surface area (Å²) < 4.78 is 11.3. The second-order valence-electron chi connectivity index (χ2n) is 6.15. The summed E-state index contributed by atoms with van der Waals surface area (Å²) in [5.74, 6) is 0.412. The van der Waals surface area contributed by atoms with E-state index in [0.29, 0.717) is 30.5 Å². The summed E-state index contributed by atoms with van der Waals surface area (Å²) in [7, 11) is 0. The van der Waals surface area contributed by atoms with Gasteiger partial charge in [-0.3, -0.25) is 4.79 Å². The summed E-state index contributed by atoms with van der Waals surface area (Å²) in [5, 5.41) is 3.57. The Balaban J connectivity index is 1.98. The van der Waals surface area contributed by atoms with Crippen LogP contribution in [0.4, 0.5) is 0 Å². The molecule has 0 heterocycles. The highest BCUT2D eigenvalue weighted by Crippen LogP contribution is 2.21. The SMILES string of the molecule is CCOCc1ccccc1CNC(=O)C(C)(C)Oc1ccc(Cl)cc1. The van der Waals surface area contributed by atoms with Gasteiger partial charge in [0.2, 0.25) is 0 Å². The van der Waals surface area contributed by atoms with Gasteiger partial charge in [-0.1, -0.05) is 35.9 Å². The third kappa shape index (κ3) is 5.76. The van der Waals surface area contributed by atoms with Crippen LogP contribution < -0.4 is 10.1 Å². The second-order valence-corrected chi connectivity index (χ2v) is 6.59. The Labute approximate surface area is 154 Å². The zero-order valence-electron chi connectivity index (χ0n) is 14.8. The van der Waals surface area contributed by atoms with Gasteiger partial charge in [0.15, 0.2) is 5.60 Å². The molecule has 1 N–H and O–H groups in total. The fourth-order valence-corrected chi connectivity index (χ4v) is 2.44. The average molecular weight is 362 g/mol. The van der Waals surface area contributed by atoms with Crippen LogP contribution in [0.5, 0.6) is 5.75 Å². The third-order valence-corrected chi connectivity index (χ3v) is 4.00. The third-order valence-electron chi connectivity index (χ3n) is 3.75. The number of benzene rings is 2. The molecule has 2 rings (SSSR count). The Morgan fingerprint density at radius 3 is 2.36 bits per heavy atom. The van der Waals surface area contributed by atoms with Crippen LogP contribution in [-0.2, 0) is 22.7 Å². The molecule has 0 saturated heterocycles. The van der Waals surface area contributed by atoms with Crippen molar-refractivity contribution in [3.63, 3.8) is 0 Å². The van der Waals surface area contributed by atoms with Gasteiger partial charge in [0.05, 0.1) is 6.61 Å². The second kappa shape index (κ2) is 8.88. The van der Waals surface area contributed by atoms with Crippen LogP contribution in [0.1, 0.15) is 31.9 Å². The number of hydrogen-bond donors (Lipinski definition) is 1. The van der Waals surface area contributed by atoms with Gasteiger partial charge in [-0.2, -0.15) is 0 Å². The number of ether oxygens (including phenoxy) is 2. The van der Waals surface area contributed by atoms with E-state index in [1.54, 1.807) is 38.1 Å². The number of rotatable bonds is 8. The van der Waals surface area contributed by atoms with Crippen LogP contribution in [0.15, 0.2) is 48.5 Å². The number of halogens is 1. The summed E-state index contributed by atoms with van der Waals surface area (Å²) in [6.07, 6.45) is 0. The van der Waals surface area contributed by atoms with Crippen LogP contribution >= 0.6 is 11.6 Å². The van der Waals surface area contributed by atoms with E-state index < -0.39 is 5.60 Å². The first-order chi connectivity index (χ1) is 11.9. The quantitative estimate of drug-likeness (QED) is 0.760. The van der Waals surface area contributed by atoms with Crippen LogP contribution in [0.25, 0.3) is 0 Å². The molecule has 0 aliphatic rings. The first-order valence-corrected chi connectivity index (χ1v) is 8.67. The van der Waals surface area contributed by atoms with E-state index in [2.05, 4.69) is 5.32 Å². The Hall–Kier alpha value is -2.04. The minimum absolute atomic E-state index is 0.186. The zero-order valence-corrected chi connectivity index (χ0v) is 15.6. The summed E-state index contributed by atoms with van der Waals surface area (Å²) in [5.41, 5.74) is 1.11. The monoisotopic (exact) mass is 361 g/mol. The summed E-state index contributed by atoms with van der Waals surface area (Å²) >= 11 is 5.87. The molecule has 1 amide bonds. The maximum atomic E-state index is 12.5. The lowest BCUT2D eigenvalue weighted by Gasteiger charge is -2.25. The summed E-state index contributed by atoms with van der Waals surface area (Å²) in [6, 6.07) is 14.9. The van der Waals surface area contributed by atoms with Crippen LogP contribution in [0.3, 0.4) is 0 Å². The van der Waals surface area contributed by atoms with Crippen molar-refractivity contribution in [1.29, 1.82) is 0 Å². The van der Waals surface area contributed by atoms with Gasteiger partial charge in [0, 0.05) is 18.2 Å². The van der Waals surface area contributed by atoms with Crippen molar-refractivity contribution in [2.45, 2.75) is 39.5 Å². The molecule has 0 saturated carbocycles. The molecule has 0 atom stereocenters. The van der Waals surface area contributed by atoms with Gasteiger partial charge < -0.3 is 14.8 Å². The molecule has 0 aromatic heterocycles. The smallest absolute Gasteiger partial charge is 0.263 e. The minimum Gasteiger partial charge on any atom is -0.478 e. The van der Waals surface area contributed by atoms with Crippen LogP contribution in [-0.4, -0.2) is 18.1 Å². The van der Waals surface area contributed by atoms with E-state index in [1.807, 2.05) is 31.2 Å². The van der Waals surface area contributed by atoms with Crippen molar-refractivity contribution in [3.8, 4) is 5.75 Å². The highest BCUT2D eigenvalue weighted by Gasteiger charge is 2.29. The maximum absolute atomic E-state index is 12.5. The van der Waals surface area contributed by atoms with Crippen molar-refractivity contribution in [2.75, 3.05) is 6.61 Å². The zero-order chi connectivity index (χ0) is 18.3. The minimum atomic E-state index is -0.997. The number of carbonyl (C=O) groups is 1. The highest BCUT2D eigenvalue weighted by atomic mass is 35.5. The Morgan fingerprint density at radius 2 is 1.72 bits per heavy atom. The summed E-state index contributed by atoms with van der Waals surface area (Å²) in [6.45, 7) is 7.05. The van der Waals surface area contributed by atoms with Gasteiger partial charge in [0.1, 0.15) is 5.75 Å². The predicted octanol–water partition coefficient (Wildman–Crippen LogP) is 4.35. The highest BCUT2D eigenvalue weighted by molar-refractivity contribution is 6.30. The topological polar surface area (TPSA) is 47.6 Å². The average Bonchev–Trinajstić information content (AvgIpc) is 2.60. The molecule has 0 spiro atoms. The molecule has 0 unspecified atom stereocenters. The van der Waals surface area contributed by atoms with E-state index in [-0.39, 0.29) is 5.91 Å². The molecule has 134 valence electrons. The molecule has 4 nitrogen and oxygen atoms in total. The Kier molecular flexibility index (Phi) is 6.85. The van der Waals surface area contributed by atoms with E-state index in [1.165, 1.54) is 0 Å². The largest absolute Gasteiger partial charge is 0.478 e. The molecule has 2 aromatic carbocycles. The molecule has 0 bridgehead atoms. The molecule has 25 heavy (non-hydrogen) atoms. The number of carbonyl (C=O) groups excluding carboxylic acids is 1. The molecule has 0 aliphatic carbocycles. The van der Waals surface area contributed by atoms with Crippen molar-refractivity contribution in [3.05, 3.63) is 64.7 Å². The fourth-order valence-electron chi connectivity index (χ4n) is 2.31. The molecule has 0 fully saturated rings. The van der Waals surface area contributed by atoms with Gasteiger partial charge >= 0.3 is 0 Å². The van der Waals surface area contributed by atoms with E-state index >= 15 is 0 Å². The van der Waals surface area contributed by atoms with E-state index in [4.69, 9.17) is 21.1 Å². The fraction of sp³-hybridized carbons (Fsp3) is 0.350. The van der Waals surface area contributed by atoms with Crippen molar-refractivity contribution >= 4 is 17.5 Å². The van der Waals surface area contributed by atoms with Crippen LogP contribution in [0, 0.1) is 0 Å². The van der Waals surface area contributed by atoms with Crippen molar-refractivity contribution in [2.24, 2.45) is 0 Å².